The summed E-state index contributed by atoms with van der Waals surface area (Å²) in [7, 11) is 0. The average molecular weight is 363 g/mol. The average Bonchev–Trinajstić information content (AvgIpc) is 2.58. The normalized spacial score (nSPS) is 17.0. The van der Waals surface area contributed by atoms with Crippen LogP contribution in [0.1, 0.15) is 23.9 Å². The number of hydrogen-bond acceptors (Lipinski definition) is 3. The molecule has 0 aliphatic carbocycles. The first-order valence-electron chi connectivity index (χ1n) is 8.40. The van der Waals surface area contributed by atoms with E-state index < -0.39 is 11.7 Å². The minimum atomic E-state index is -4.36. The fourth-order valence-electron chi connectivity index (χ4n) is 3.19. The Hall–Kier alpha value is -2.57. The predicted octanol–water partition coefficient (Wildman–Crippen LogP) is 3.86. The Morgan fingerprint density at radius 2 is 1.92 bits per heavy atom. The van der Waals surface area contributed by atoms with Crippen LogP contribution in [-0.2, 0) is 17.4 Å². The number of fused-ring (bicyclic) bond motifs is 1. The number of nitrogens with zero attached hydrogens (tertiary/aromatic N) is 2. The van der Waals surface area contributed by atoms with Crippen LogP contribution in [0.15, 0.2) is 36.4 Å². The Morgan fingerprint density at radius 1 is 1.23 bits per heavy atom. The van der Waals surface area contributed by atoms with E-state index in [1.54, 1.807) is 0 Å². The van der Waals surface area contributed by atoms with Crippen molar-refractivity contribution in [1.29, 1.82) is 0 Å². The van der Waals surface area contributed by atoms with E-state index in [1.165, 1.54) is 19.1 Å². The number of halogens is 3. The smallest absolute Gasteiger partial charge is 0.356 e. The maximum atomic E-state index is 12.8. The molecular formula is C19H20F3N3O. The maximum absolute atomic E-state index is 12.8. The van der Waals surface area contributed by atoms with Crippen molar-refractivity contribution in [3.8, 4) is 0 Å². The Kier molecular flexibility index (Phi) is 4.89. The summed E-state index contributed by atoms with van der Waals surface area (Å²) < 4.78 is 38.5. The van der Waals surface area contributed by atoms with Crippen molar-refractivity contribution in [1.82, 2.24) is 10.3 Å². The van der Waals surface area contributed by atoms with Crippen LogP contribution in [0.4, 0.5) is 24.5 Å². The van der Waals surface area contributed by atoms with E-state index >= 15 is 0 Å². The zero-order chi connectivity index (χ0) is 18.9. The summed E-state index contributed by atoms with van der Waals surface area (Å²) in [6.45, 7) is 4.47. The second kappa shape index (κ2) is 6.97. The van der Waals surface area contributed by atoms with Crippen molar-refractivity contribution >= 4 is 17.3 Å². The lowest BCUT2D eigenvalue weighted by atomic mass is 9.95. The first kappa shape index (κ1) is 18.2. The zero-order valence-corrected chi connectivity index (χ0v) is 14.6. The lowest BCUT2D eigenvalue weighted by molar-refractivity contribution is -0.137. The van der Waals surface area contributed by atoms with Crippen molar-refractivity contribution in [3.63, 3.8) is 0 Å². The maximum Gasteiger partial charge on any atom is 0.416 e. The Labute approximate surface area is 150 Å². The number of aromatic nitrogens is 1. The minimum absolute atomic E-state index is 0.103. The first-order chi connectivity index (χ1) is 12.2. The van der Waals surface area contributed by atoms with Crippen LogP contribution >= 0.6 is 0 Å². The van der Waals surface area contributed by atoms with Crippen LogP contribution in [0.5, 0.6) is 0 Å². The third-order valence-corrected chi connectivity index (χ3v) is 4.45. The van der Waals surface area contributed by atoms with Gasteiger partial charge in [0.15, 0.2) is 0 Å². The number of nitrogens with one attached hydrogen (secondary N) is 1. The van der Waals surface area contributed by atoms with Crippen molar-refractivity contribution in [2.24, 2.45) is 5.92 Å². The zero-order valence-electron chi connectivity index (χ0n) is 14.6. The molecule has 0 radical (unpaired) electrons. The van der Waals surface area contributed by atoms with E-state index in [1.807, 2.05) is 24.0 Å². The number of pyridine rings is 1. The molecular weight excluding hydrogens is 343 g/mol. The molecule has 0 saturated heterocycles. The summed E-state index contributed by atoms with van der Waals surface area (Å²) in [5.74, 6) is 0.0251. The molecule has 2 heterocycles. The van der Waals surface area contributed by atoms with Gasteiger partial charge < -0.3 is 10.2 Å². The second-order valence-corrected chi connectivity index (χ2v) is 6.58. The Bertz CT molecular complexity index is 803. The highest BCUT2D eigenvalue weighted by Gasteiger charge is 2.31. The van der Waals surface area contributed by atoms with E-state index in [2.05, 4.69) is 10.3 Å². The van der Waals surface area contributed by atoms with Gasteiger partial charge in [-0.2, -0.15) is 13.2 Å². The van der Waals surface area contributed by atoms with Gasteiger partial charge in [-0.15, -0.1) is 0 Å². The number of carbonyl (C=O) groups excluding carboxylic acids is 1. The predicted molar refractivity (Wildman–Crippen MR) is 93.3 cm³/mol. The number of aryl methyl sites for hydroxylation is 1. The Balaban J connectivity index is 1.92. The third-order valence-electron chi connectivity index (χ3n) is 4.45. The van der Waals surface area contributed by atoms with Crippen LogP contribution in [0.3, 0.4) is 0 Å². The fourth-order valence-corrected chi connectivity index (χ4v) is 3.19. The van der Waals surface area contributed by atoms with E-state index in [0.717, 1.165) is 29.2 Å². The van der Waals surface area contributed by atoms with Crippen LogP contribution in [0, 0.1) is 12.8 Å². The molecule has 1 aromatic carbocycles. The minimum Gasteiger partial charge on any atom is -0.356 e. The van der Waals surface area contributed by atoms with Gasteiger partial charge in [0.1, 0.15) is 0 Å². The van der Waals surface area contributed by atoms with Gasteiger partial charge in [-0.3, -0.25) is 9.78 Å². The standard InChI is InChI=1S/C19H20F3N3O/c1-12-3-8-18-17(24-12)9-14(10-23-13(2)26)11-25(18)16-6-4-15(5-7-16)19(20,21)22/h3-8,14H,9-11H2,1-2H3,(H,23,26)/t14-/m0/s1. The molecule has 1 amide bonds. The molecule has 138 valence electrons. The first-order valence-corrected chi connectivity index (χ1v) is 8.40. The van der Waals surface area contributed by atoms with Gasteiger partial charge in [0, 0.05) is 31.4 Å². The van der Waals surface area contributed by atoms with E-state index in [-0.39, 0.29) is 11.8 Å². The van der Waals surface area contributed by atoms with E-state index in [9.17, 15) is 18.0 Å². The molecule has 0 spiro atoms. The second-order valence-electron chi connectivity index (χ2n) is 6.58. The van der Waals surface area contributed by atoms with Gasteiger partial charge in [-0.1, -0.05) is 0 Å². The van der Waals surface area contributed by atoms with Crippen LogP contribution in [-0.4, -0.2) is 24.0 Å². The molecule has 1 aliphatic heterocycles. The van der Waals surface area contributed by atoms with E-state index in [0.29, 0.717) is 25.2 Å². The Morgan fingerprint density at radius 3 is 2.54 bits per heavy atom. The molecule has 3 rings (SSSR count). The molecule has 4 nitrogen and oxygen atoms in total. The number of rotatable bonds is 3. The topological polar surface area (TPSA) is 45.2 Å². The van der Waals surface area contributed by atoms with Gasteiger partial charge in [0.25, 0.3) is 0 Å². The number of alkyl halides is 3. The van der Waals surface area contributed by atoms with Crippen LogP contribution < -0.4 is 10.2 Å². The largest absolute Gasteiger partial charge is 0.416 e. The SMILES string of the molecule is CC(=O)NC[C@@H]1Cc2nc(C)ccc2N(c2ccc(C(F)(F)F)cc2)C1. The highest BCUT2D eigenvalue weighted by atomic mass is 19.4. The van der Waals surface area contributed by atoms with Gasteiger partial charge in [-0.25, -0.2) is 0 Å². The summed E-state index contributed by atoms with van der Waals surface area (Å²) in [4.78, 5) is 17.8. The van der Waals surface area contributed by atoms with Gasteiger partial charge in [0.05, 0.1) is 16.9 Å². The molecule has 1 atom stereocenters. The molecule has 1 aliphatic rings. The molecule has 7 heteroatoms. The van der Waals surface area contributed by atoms with Crippen LogP contribution in [0.2, 0.25) is 0 Å². The monoisotopic (exact) mass is 363 g/mol. The number of carbonyl (C=O) groups is 1. The van der Waals surface area contributed by atoms with Crippen molar-refractivity contribution < 1.29 is 18.0 Å². The molecule has 1 N–H and O–H groups in total. The lowest BCUT2D eigenvalue weighted by Gasteiger charge is -2.36. The summed E-state index contributed by atoms with van der Waals surface area (Å²) in [5, 5.41) is 2.82. The quantitative estimate of drug-likeness (QED) is 0.901. The van der Waals surface area contributed by atoms with Crippen LogP contribution in [0.25, 0.3) is 0 Å². The highest BCUT2D eigenvalue weighted by molar-refractivity contribution is 5.73. The molecule has 0 saturated carbocycles. The van der Waals surface area contributed by atoms with E-state index in [4.69, 9.17) is 0 Å². The molecule has 2 aromatic rings. The van der Waals surface area contributed by atoms with Crippen molar-refractivity contribution in [2.75, 3.05) is 18.0 Å². The highest BCUT2D eigenvalue weighted by Crippen LogP contribution is 2.36. The summed E-state index contributed by atoms with van der Waals surface area (Å²) in [5.41, 5.74) is 2.69. The summed E-state index contributed by atoms with van der Waals surface area (Å²) in [6.07, 6.45) is -3.64. The van der Waals surface area contributed by atoms with Crippen molar-refractivity contribution in [3.05, 3.63) is 53.3 Å². The lowest BCUT2D eigenvalue weighted by Crippen LogP contribution is -2.39. The number of hydrogen-bond donors (Lipinski definition) is 1. The van der Waals surface area contributed by atoms with Crippen molar-refractivity contribution in [2.45, 2.75) is 26.4 Å². The fraction of sp³-hybridized carbons (Fsp3) is 0.368. The third kappa shape index (κ3) is 3.98. The van der Waals surface area contributed by atoms with Gasteiger partial charge in [-0.05, 0) is 55.7 Å². The molecule has 1 aromatic heterocycles. The number of anilines is 2. The molecule has 26 heavy (non-hydrogen) atoms. The number of benzene rings is 1. The summed E-state index contributed by atoms with van der Waals surface area (Å²) >= 11 is 0. The van der Waals surface area contributed by atoms with Gasteiger partial charge in [0.2, 0.25) is 5.91 Å². The molecule has 0 fully saturated rings. The van der Waals surface area contributed by atoms with Gasteiger partial charge >= 0.3 is 6.18 Å². The molecule has 0 unspecified atom stereocenters. The number of amides is 1. The molecule has 0 bridgehead atoms. The summed E-state index contributed by atoms with van der Waals surface area (Å²) in [6, 6.07) is 8.98.